The van der Waals surface area contributed by atoms with Crippen molar-refractivity contribution < 1.29 is 30.4 Å². The van der Waals surface area contributed by atoms with E-state index in [1.807, 2.05) is 0 Å². The summed E-state index contributed by atoms with van der Waals surface area (Å²) in [6.07, 6.45) is 0. The van der Waals surface area contributed by atoms with Gasteiger partial charge in [0.1, 0.15) is 0 Å². The summed E-state index contributed by atoms with van der Waals surface area (Å²) in [6, 6.07) is 0. The zero-order valence-electron chi connectivity index (χ0n) is 2.14. The number of hydrogen-bond acceptors (Lipinski definition) is 1. The molecule has 19 valence electrons. The zero-order valence-corrected chi connectivity index (χ0v) is 5.11. The molecule has 0 rings (SSSR count). The molecule has 1 N–H and O–H groups in total. The molecule has 0 aliphatic heterocycles. The average Bonchev–Trinajstić information content (AvgIpc) is 0. The minimum Gasteiger partial charge on any atom is -0.870 e. The van der Waals surface area contributed by atoms with Crippen LogP contribution in [-0.4, -0.2) is 13.9 Å². The van der Waals surface area contributed by atoms with Gasteiger partial charge in [0.05, 0.1) is 0 Å². The van der Waals surface area contributed by atoms with Crippen LogP contribution in [0.5, 0.6) is 0 Å². The Morgan fingerprint density at radius 3 is 1.00 bits per heavy atom. The normalized spacial score (nSPS) is 0. The third-order valence-electron chi connectivity index (χ3n) is 0. The molecule has 0 aliphatic rings. The fourth-order valence-corrected chi connectivity index (χ4v) is 0. The molecule has 0 atom stereocenters. The standard InChI is InChI=1S/B.H2O.O.Zn/h;1H2;;/p-1. The Bertz CT molecular complexity index is 6.00. The summed E-state index contributed by atoms with van der Waals surface area (Å²) < 4.78 is 0. The van der Waals surface area contributed by atoms with E-state index < -0.39 is 0 Å². The van der Waals surface area contributed by atoms with Gasteiger partial charge in [-0.1, -0.05) is 0 Å². The summed E-state index contributed by atoms with van der Waals surface area (Å²) in [5.41, 5.74) is 0. The van der Waals surface area contributed by atoms with E-state index in [-0.39, 0.29) is 38.8 Å². The molecule has 0 saturated carbocycles. The summed E-state index contributed by atoms with van der Waals surface area (Å²) in [5.74, 6) is 0. The van der Waals surface area contributed by atoms with Gasteiger partial charge >= 0.3 is 0 Å². The van der Waals surface area contributed by atoms with Gasteiger partial charge in [0, 0.05) is 33.4 Å². The van der Waals surface area contributed by atoms with Gasteiger partial charge in [-0.2, -0.15) is 0 Å². The maximum Gasteiger partial charge on any atom is 0 e. The molecule has 0 fully saturated rings. The SMILES string of the molecule is [B].[OH-].[O].[Zn]. The summed E-state index contributed by atoms with van der Waals surface area (Å²) >= 11 is 0. The fourth-order valence-electron chi connectivity index (χ4n) is 0. The van der Waals surface area contributed by atoms with Crippen LogP contribution in [0.15, 0.2) is 0 Å². The van der Waals surface area contributed by atoms with Gasteiger partial charge in [0.25, 0.3) is 0 Å². The Labute approximate surface area is 39.5 Å². The molecule has 0 aromatic heterocycles. The smallest absolute Gasteiger partial charge is 0 e. The molecule has 5 radical (unpaired) electrons. The molecule has 4 heavy (non-hydrogen) atoms. The van der Waals surface area contributed by atoms with Crippen molar-refractivity contribution >= 4 is 8.41 Å². The Morgan fingerprint density at radius 2 is 1.00 bits per heavy atom. The van der Waals surface area contributed by atoms with Crippen LogP contribution in [0.2, 0.25) is 0 Å². The van der Waals surface area contributed by atoms with E-state index in [2.05, 4.69) is 0 Å². The quantitative estimate of drug-likeness (QED) is 0.380. The monoisotopic (exact) mass is 108 g/mol. The van der Waals surface area contributed by atoms with Crippen molar-refractivity contribution in [2.24, 2.45) is 0 Å². The van der Waals surface area contributed by atoms with Crippen molar-refractivity contribution in [1.29, 1.82) is 0 Å². The Kier molecular flexibility index (Phi) is 2690. The molecule has 0 aromatic rings. The zero-order chi connectivity index (χ0) is 0. The van der Waals surface area contributed by atoms with Gasteiger partial charge in [-0.15, -0.1) is 0 Å². The second-order valence-corrected chi connectivity index (χ2v) is 0. The minimum atomic E-state index is 0. The predicted molar refractivity (Wildman–Crippen MR) is 8.38 cm³/mol. The Hall–Kier alpha value is 0.608. The van der Waals surface area contributed by atoms with E-state index in [0.29, 0.717) is 0 Å². The van der Waals surface area contributed by atoms with Crippen LogP contribution in [-0.2, 0) is 25.0 Å². The fraction of sp³-hybridized carbons (Fsp3) is 0. The van der Waals surface area contributed by atoms with Crippen molar-refractivity contribution in [3.05, 3.63) is 0 Å². The molecule has 0 spiro atoms. The van der Waals surface area contributed by atoms with Crippen LogP contribution in [0.3, 0.4) is 0 Å². The van der Waals surface area contributed by atoms with Gasteiger partial charge in [-0.05, 0) is 0 Å². The second kappa shape index (κ2) is 66.3. The maximum absolute atomic E-state index is 0. The van der Waals surface area contributed by atoms with Crippen molar-refractivity contribution in [1.82, 2.24) is 0 Å². The molecular weight excluding hydrogens is 108 g/mol. The van der Waals surface area contributed by atoms with E-state index in [4.69, 9.17) is 0 Å². The van der Waals surface area contributed by atoms with Crippen LogP contribution in [0.1, 0.15) is 0 Å². The summed E-state index contributed by atoms with van der Waals surface area (Å²) in [4.78, 5) is 0. The van der Waals surface area contributed by atoms with Crippen LogP contribution in [0.25, 0.3) is 0 Å². The van der Waals surface area contributed by atoms with Crippen LogP contribution >= 0.6 is 0 Å². The van der Waals surface area contributed by atoms with E-state index >= 15 is 0 Å². The van der Waals surface area contributed by atoms with E-state index in [9.17, 15) is 0 Å². The molecule has 0 amide bonds. The molecular formula is HBO2Zn-. The number of hydrogen-bond donors (Lipinski definition) is 0. The molecule has 0 unspecified atom stereocenters. The molecule has 0 saturated heterocycles. The van der Waals surface area contributed by atoms with Gasteiger partial charge in [0.15, 0.2) is 0 Å². The van der Waals surface area contributed by atoms with Crippen LogP contribution < -0.4 is 0 Å². The van der Waals surface area contributed by atoms with Crippen LogP contribution in [0, 0.1) is 0 Å². The molecule has 0 heterocycles. The molecule has 2 nitrogen and oxygen atoms in total. The first-order valence-electron chi connectivity index (χ1n) is 0. The van der Waals surface area contributed by atoms with Crippen molar-refractivity contribution in [3.8, 4) is 0 Å². The molecule has 0 bridgehead atoms. The predicted octanol–water partition coefficient (Wildman–Crippen LogP) is -0.679. The first-order valence-corrected chi connectivity index (χ1v) is 0. The molecule has 0 aliphatic carbocycles. The minimum absolute atomic E-state index is 0. The van der Waals surface area contributed by atoms with Gasteiger partial charge < -0.3 is 5.48 Å². The maximum atomic E-state index is 0. The van der Waals surface area contributed by atoms with Gasteiger partial charge in [0.2, 0.25) is 0 Å². The summed E-state index contributed by atoms with van der Waals surface area (Å²) in [6.45, 7) is 0. The van der Waals surface area contributed by atoms with Crippen LogP contribution in [0.4, 0.5) is 0 Å². The number of rotatable bonds is 0. The third-order valence-corrected chi connectivity index (χ3v) is 0. The topological polar surface area (TPSA) is 58.5 Å². The van der Waals surface area contributed by atoms with Gasteiger partial charge in [-0.3, -0.25) is 0 Å². The molecule has 0 aromatic carbocycles. The summed E-state index contributed by atoms with van der Waals surface area (Å²) in [7, 11) is 0. The largest absolute Gasteiger partial charge is 0.870 e. The average molecular weight is 109 g/mol. The molecule has 4 heteroatoms. The van der Waals surface area contributed by atoms with Crippen molar-refractivity contribution in [2.75, 3.05) is 0 Å². The summed E-state index contributed by atoms with van der Waals surface area (Å²) in [5, 5.41) is 0. The van der Waals surface area contributed by atoms with E-state index in [1.165, 1.54) is 0 Å². The Balaban J connectivity index is 0. The second-order valence-electron chi connectivity index (χ2n) is 0. The van der Waals surface area contributed by atoms with Gasteiger partial charge in [-0.25, -0.2) is 0 Å². The van der Waals surface area contributed by atoms with E-state index in [1.54, 1.807) is 0 Å². The third kappa shape index (κ3) is 18.2. The van der Waals surface area contributed by atoms with Crippen molar-refractivity contribution in [3.63, 3.8) is 0 Å². The first kappa shape index (κ1) is 162. The first-order chi connectivity index (χ1) is 0. The van der Waals surface area contributed by atoms with E-state index in [0.717, 1.165) is 0 Å². The van der Waals surface area contributed by atoms with Crippen molar-refractivity contribution in [2.45, 2.75) is 0 Å². The Morgan fingerprint density at radius 1 is 1.00 bits per heavy atom.